The molecule has 3 heterocycles. The minimum atomic E-state index is -0.435. The number of rotatable bonds is 4. The molecule has 0 atom stereocenters. The van der Waals surface area contributed by atoms with E-state index in [1.807, 2.05) is 22.7 Å². The molecule has 0 unspecified atom stereocenters. The summed E-state index contributed by atoms with van der Waals surface area (Å²) in [5, 5.41) is 7.19. The zero-order valence-electron chi connectivity index (χ0n) is 13.9. The molecule has 1 aliphatic rings. The topological polar surface area (TPSA) is 90.5 Å². The van der Waals surface area contributed by atoms with Gasteiger partial charge in [0.05, 0.1) is 19.0 Å². The Morgan fingerprint density at radius 3 is 2.80 bits per heavy atom. The normalized spacial score (nSPS) is 13.8. The fourth-order valence-corrected chi connectivity index (χ4v) is 2.68. The molecule has 0 spiro atoms. The summed E-state index contributed by atoms with van der Waals surface area (Å²) >= 11 is 0. The summed E-state index contributed by atoms with van der Waals surface area (Å²) in [5.74, 6) is 0.252. The fourth-order valence-electron chi connectivity index (χ4n) is 2.68. The zero-order chi connectivity index (χ0) is 17.6. The zero-order valence-corrected chi connectivity index (χ0v) is 13.9. The number of aromatic nitrogens is 4. The number of methoxy groups -OCH3 is 1. The summed E-state index contributed by atoms with van der Waals surface area (Å²) in [6.07, 6.45) is 5.53. The Balaban J connectivity index is 1.64. The van der Waals surface area contributed by atoms with Crippen LogP contribution in [0, 0.1) is 5.92 Å². The maximum Gasteiger partial charge on any atom is 0.356 e. The quantitative estimate of drug-likeness (QED) is 0.733. The molecule has 1 fully saturated rings. The van der Waals surface area contributed by atoms with Crippen LogP contribution in [0.3, 0.4) is 0 Å². The van der Waals surface area contributed by atoms with Crippen molar-refractivity contribution in [2.75, 3.05) is 12.4 Å². The maximum absolute atomic E-state index is 11.9. The molecule has 0 aromatic carbocycles. The molecule has 8 heteroatoms. The largest absolute Gasteiger partial charge is 0.464 e. The molecule has 3 aromatic rings. The number of aryl methyl sites for hydroxylation is 1. The summed E-state index contributed by atoms with van der Waals surface area (Å²) < 4.78 is 8.06. The molecule has 1 amide bonds. The van der Waals surface area contributed by atoms with E-state index in [2.05, 4.69) is 15.4 Å². The lowest BCUT2D eigenvalue weighted by atomic mass is 10.2. The Morgan fingerprint density at radius 1 is 1.28 bits per heavy atom. The van der Waals surface area contributed by atoms with Gasteiger partial charge in [0.15, 0.2) is 5.82 Å². The number of esters is 1. The number of carbonyl (C=O) groups is 2. The van der Waals surface area contributed by atoms with Gasteiger partial charge in [0.2, 0.25) is 5.91 Å². The van der Waals surface area contributed by atoms with Crippen LogP contribution >= 0.6 is 0 Å². The van der Waals surface area contributed by atoms with E-state index >= 15 is 0 Å². The van der Waals surface area contributed by atoms with Crippen molar-refractivity contribution in [3.63, 3.8) is 0 Å². The third-order valence-corrected chi connectivity index (χ3v) is 4.22. The van der Waals surface area contributed by atoms with E-state index in [0.717, 1.165) is 24.1 Å². The van der Waals surface area contributed by atoms with Crippen LogP contribution in [0.25, 0.3) is 16.9 Å². The number of pyridine rings is 1. The Labute approximate surface area is 143 Å². The summed E-state index contributed by atoms with van der Waals surface area (Å²) in [6, 6.07) is 5.40. The first-order valence-corrected chi connectivity index (χ1v) is 7.97. The molecule has 3 aromatic heterocycles. The average Bonchev–Trinajstić information content (AvgIpc) is 3.27. The van der Waals surface area contributed by atoms with Crippen molar-refractivity contribution in [2.24, 2.45) is 13.0 Å². The van der Waals surface area contributed by atoms with Gasteiger partial charge in [-0.1, -0.05) is 0 Å². The number of hydrogen-bond acceptors (Lipinski definition) is 5. The molecule has 0 bridgehead atoms. The van der Waals surface area contributed by atoms with Gasteiger partial charge >= 0.3 is 5.97 Å². The minimum absolute atomic E-state index is 0.0241. The monoisotopic (exact) mass is 339 g/mol. The van der Waals surface area contributed by atoms with Crippen LogP contribution in [0.2, 0.25) is 0 Å². The predicted octanol–water partition coefficient (Wildman–Crippen LogP) is 1.87. The lowest BCUT2D eigenvalue weighted by Crippen LogP contribution is -2.13. The van der Waals surface area contributed by atoms with Gasteiger partial charge in [0, 0.05) is 24.7 Å². The molecule has 1 saturated carbocycles. The highest BCUT2D eigenvalue weighted by atomic mass is 16.5. The van der Waals surface area contributed by atoms with Crippen molar-refractivity contribution in [2.45, 2.75) is 12.8 Å². The Bertz CT molecular complexity index is 983. The van der Waals surface area contributed by atoms with Gasteiger partial charge in [-0.25, -0.2) is 9.78 Å². The lowest BCUT2D eigenvalue weighted by Gasteiger charge is -1.98. The Hall–Kier alpha value is -3.16. The number of carbonyl (C=O) groups excluding carboxylic acids is 2. The van der Waals surface area contributed by atoms with Crippen LogP contribution in [-0.4, -0.2) is 38.2 Å². The molecule has 1 aliphatic carbocycles. The lowest BCUT2D eigenvalue weighted by molar-refractivity contribution is -0.117. The molecule has 8 nitrogen and oxygen atoms in total. The van der Waals surface area contributed by atoms with E-state index in [4.69, 9.17) is 4.74 Å². The maximum atomic E-state index is 11.9. The van der Waals surface area contributed by atoms with Crippen LogP contribution in [0.15, 0.2) is 30.6 Å². The van der Waals surface area contributed by atoms with Crippen molar-refractivity contribution in [1.82, 2.24) is 19.2 Å². The first-order valence-electron chi connectivity index (χ1n) is 7.97. The Kier molecular flexibility index (Phi) is 3.52. The van der Waals surface area contributed by atoms with Gasteiger partial charge in [-0.3, -0.25) is 9.48 Å². The van der Waals surface area contributed by atoms with E-state index in [-0.39, 0.29) is 11.8 Å². The van der Waals surface area contributed by atoms with Crippen LogP contribution in [0.5, 0.6) is 0 Å². The number of nitrogens with one attached hydrogen (secondary N) is 1. The minimum Gasteiger partial charge on any atom is -0.464 e. The van der Waals surface area contributed by atoms with Crippen molar-refractivity contribution in [3.8, 4) is 11.3 Å². The molecule has 25 heavy (non-hydrogen) atoms. The first-order chi connectivity index (χ1) is 12.0. The number of nitrogens with zero attached hydrogens (tertiary/aromatic N) is 4. The fraction of sp³-hybridized carbons (Fsp3) is 0.294. The van der Waals surface area contributed by atoms with Crippen LogP contribution < -0.4 is 5.32 Å². The number of amides is 1. The summed E-state index contributed by atoms with van der Waals surface area (Å²) in [6.45, 7) is 0. The highest BCUT2D eigenvalue weighted by Crippen LogP contribution is 2.30. The first kappa shape index (κ1) is 15.4. The molecule has 128 valence electrons. The Morgan fingerprint density at radius 2 is 2.08 bits per heavy atom. The second kappa shape index (κ2) is 5.73. The van der Waals surface area contributed by atoms with Gasteiger partial charge in [-0.05, 0) is 31.0 Å². The predicted molar refractivity (Wildman–Crippen MR) is 90.1 cm³/mol. The smallest absolute Gasteiger partial charge is 0.356 e. The highest BCUT2D eigenvalue weighted by Gasteiger charge is 2.30. The van der Waals surface area contributed by atoms with E-state index in [1.165, 1.54) is 11.8 Å². The van der Waals surface area contributed by atoms with E-state index < -0.39 is 5.97 Å². The molecule has 1 N–H and O–H groups in total. The van der Waals surface area contributed by atoms with Crippen LogP contribution in [0.1, 0.15) is 23.3 Å². The number of ether oxygens (including phenoxy) is 1. The van der Waals surface area contributed by atoms with Crippen molar-refractivity contribution in [1.29, 1.82) is 0 Å². The van der Waals surface area contributed by atoms with Gasteiger partial charge in [0.25, 0.3) is 0 Å². The van der Waals surface area contributed by atoms with Gasteiger partial charge in [-0.15, -0.1) is 0 Å². The molecule has 0 saturated heterocycles. The van der Waals surface area contributed by atoms with Crippen molar-refractivity contribution >= 4 is 23.3 Å². The second-order valence-electron chi connectivity index (χ2n) is 6.10. The number of imidazole rings is 1. The second-order valence-corrected chi connectivity index (χ2v) is 6.10. The van der Waals surface area contributed by atoms with E-state index in [0.29, 0.717) is 17.2 Å². The standard InChI is InChI=1S/C17H17N5O3/c1-21-13(17(24)25-2)7-12(20-21)11-5-6-15-18-14(9-22(15)8-11)19-16(23)10-3-4-10/h5-10H,3-4H2,1-2H3,(H,19,23). The van der Waals surface area contributed by atoms with Crippen molar-refractivity contribution < 1.29 is 14.3 Å². The van der Waals surface area contributed by atoms with E-state index in [1.54, 1.807) is 19.3 Å². The van der Waals surface area contributed by atoms with Crippen LogP contribution in [-0.2, 0) is 16.6 Å². The summed E-state index contributed by atoms with van der Waals surface area (Å²) in [5.41, 5.74) is 2.58. The van der Waals surface area contributed by atoms with Crippen LogP contribution in [0.4, 0.5) is 5.82 Å². The van der Waals surface area contributed by atoms with E-state index in [9.17, 15) is 9.59 Å². The third-order valence-electron chi connectivity index (χ3n) is 4.22. The van der Waals surface area contributed by atoms with Crippen molar-refractivity contribution in [3.05, 3.63) is 36.3 Å². The molecule has 4 rings (SSSR count). The molecular formula is C17H17N5O3. The number of anilines is 1. The summed E-state index contributed by atoms with van der Waals surface area (Å²) in [7, 11) is 3.03. The SMILES string of the molecule is COC(=O)c1cc(-c2ccc3nc(NC(=O)C4CC4)cn3c2)nn1C. The van der Waals surface area contributed by atoms with Gasteiger partial charge in [-0.2, -0.15) is 5.10 Å². The van der Waals surface area contributed by atoms with Gasteiger partial charge < -0.3 is 14.5 Å². The highest BCUT2D eigenvalue weighted by molar-refractivity contribution is 5.93. The third kappa shape index (κ3) is 2.86. The average molecular weight is 339 g/mol. The number of fused-ring (bicyclic) bond motifs is 1. The molecular weight excluding hydrogens is 322 g/mol. The molecule has 0 aliphatic heterocycles. The molecule has 0 radical (unpaired) electrons. The summed E-state index contributed by atoms with van der Waals surface area (Å²) in [4.78, 5) is 28.0. The van der Waals surface area contributed by atoms with Gasteiger partial charge in [0.1, 0.15) is 11.3 Å². The number of hydrogen-bond donors (Lipinski definition) is 1.